The predicted octanol–water partition coefficient (Wildman–Crippen LogP) is 3.21. The van der Waals surface area contributed by atoms with Gasteiger partial charge in [-0.2, -0.15) is 0 Å². The van der Waals surface area contributed by atoms with E-state index in [0.29, 0.717) is 11.3 Å². The van der Waals surface area contributed by atoms with E-state index in [-0.39, 0.29) is 23.8 Å². The molecule has 2 heterocycles. The van der Waals surface area contributed by atoms with Crippen molar-refractivity contribution in [3.05, 3.63) is 71.3 Å². The average molecular weight is 366 g/mol. The first-order chi connectivity index (χ1) is 13.0. The van der Waals surface area contributed by atoms with Gasteiger partial charge in [-0.25, -0.2) is 0 Å². The number of nitrogens with zero attached hydrogens (tertiary/aromatic N) is 2. The number of rotatable bonds is 6. The molecule has 6 nitrogen and oxygen atoms in total. The predicted molar refractivity (Wildman–Crippen MR) is 100 cm³/mol. The molecule has 1 atom stereocenters. The minimum absolute atomic E-state index is 0.123. The Morgan fingerprint density at radius 1 is 1.26 bits per heavy atom. The largest absolute Gasteiger partial charge is 0.503 e. The van der Waals surface area contributed by atoms with Gasteiger partial charge < -0.3 is 14.7 Å². The minimum Gasteiger partial charge on any atom is -0.503 e. The van der Waals surface area contributed by atoms with Crippen molar-refractivity contribution in [2.45, 2.75) is 26.4 Å². The minimum atomic E-state index is -0.689. The maximum Gasteiger partial charge on any atom is 0.290 e. The molecule has 0 saturated heterocycles. The molecule has 0 aliphatic carbocycles. The van der Waals surface area contributed by atoms with Gasteiger partial charge in [0.2, 0.25) is 0 Å². The molecule has 3 rings (SSSR count). The molecular weight excluding hydrogens is 344 g/mol. The highest BCUT2D eigenvalue weighted by Crippen LogP contribution is 2.40. The first-order valence-corrected chi connectivity index (χ1v) is 8.75. The quantitative estimate of drug-likeness (QED) is 0.849. The number of amides is 1. The summed E-state index contributed by atoms with van der Waals surface area (Å²) in [7, 11) is 1.56. The number of ether oxygens (including phenoxy) is 1. The lowest BCUT2D eigenvalue weighted by Gasteiger charge is -2.27. The van der Waals surface area contributed by atoms with Crippen LogP contribution in [0.25, 0.3) is 0 Å². The monoisotopic (exact) mass is 366 g/mol. The van der Waals surface area contributed by atoms with Crippen molar-refractivity contribution in [2.75, 3.05) is 7.11 Å². The van der Waals surface area contributed by atoms with Crippen LogP contribution in [0.5, 0.6) is 5.75 Å². The second kappa shape index (κ2) is 7.61. The molecular formula is C21H22N2O4. The normalized spacial score (nSPS) is 17.0. The summed E-state index contributed by atoms with van der Waals surface area (Å²) in [5, 5.41) is 10.5. The maximum atomic E-state index is 12.8. The van der Waals surface area contributed by atoms with Crippen LogP contribution in [0.15, 0.2) is 60.1 Å². The number of hydrogen-bond acceptors (Lipinski definition) is 5. The van der Waals surface area contributed by atoms with Crippen molar-refractivity contribution in [3.63, 3.8) is 0 Å². The van der Waals surface area contributed by atoms with Crippen molar-refractivity contribution >= 4 is 11.7 Å². The number of carbonyl (C=O) groups is 2. The van der Waals surface area contributed by atoms with E-state index in [9.17, 15) is 14.7 Å². The average Bonchev–Trinajstić information content (AvgIpc) is 2.93. The Kier molecular flexibility index (Phi) is 5.26. The van der Waals surface area contributed by atoms with E-state index in [2.05, 4.69) is 4.98 Å². The summed E-state index contributed by atoms with van der Waals surface area (Å²) in [5.74, 6) is -1.02. The summed E-state index contributed by atoms with van der Waals surface area (Å²) in [5.41, 5.74) is 1.58. The van der Waals surface area contributed by atoms with Gasteiger partial charge in [-0.3, -0.25) is 14.6 Å². The van der Waals surface area contributed by atoms with Crippen LogP contribution in [0.3, 0.4) is 0 Å². The molecule has 0 radical (unpaired) electrons. The molecule has 1 N–H and O–H groups in total. The fourth-order valence-corrected chi connectivity index (χ4v) is 3.28. The Balaban J connectivity index is 2.07. The Hall–Kier alpha value is -3.15. The fraction of sp³-hybridized carbons (Fsp3) is 0.286. The molecule has 1 aliphatic rings. The second-order valence-corrected chi connectivity index (χ2v) is 6.72. The van der Waals surface area contributed by atoms with Crippen LogP contribution in [0.4, 0.5) is 0 Å². The summed E-state index contributed by atoms with van der Waals surface area (Å²) < 4.78 is 5.38. The number of carbonyl (C=O) groups excluding carboxylic acids is 2. The molecule has 1 unspecified atom stereocenters. The molecule has 0 spiro atoms. The van der Waals surface area contributed by atoms with Crippen molar-refractivity contribution < 1.29 is 19.4 Å². The van der Waals surface area contributed by atoms with Crippen LogP contribution in [0.1, 0.15) is 31.0 Å². The molecule has 27 heavy (non-hydrogen) atoms. The van der Waals surface area contributed by atoms with Gasteiger partial charge in [-0.15, -0.1) is 0 Å². The molecule has 1 amide bonds. The lowest BCUT2D eigenvalue weighted by molar-refractivity contribution is -0.130. The van der Waals surface area contributed by atoms with E-state index in [1.54, 1.807) is 45.5 Å². The smallest absolute Gasteiger partial charge is 0.290 e. The molecule has 1 aliphatic heterocycles. The lowest BCUT2D eigenvalue weighted by Crippen LogP contribution is -2.31. The number of Topliss-reactive ketones (excluding diaryl/α,β-unsaturated/α-hetero) is 1. The number of pyridine rings is 1. The summed E-state index contributed by atoms with van der Waals surface area (Å²) in [6.07, 6.45) is 3.23. The molecule has 0 saturated carbocycles. The molecule has 0 fully saturated rings. The summed E-state index contributed by atoms with van der Waals surface area (Å²) in [6.45, 7) is 3.69. The van der Waals surface area contributed by atoms with E-state index >= 15 is 0 Å². The molecule has 1 aromatic heterocycles. The first kappa shape index (κ1) is 18.6. The van der Waals surface area contributed by atoms with E-state index in [1.807, 2.05) is 24.3 Å². The number of ketones is 1. The number of methoxy groups -OCH3 is 1. The Labute approximate surface area is 158 Å². The summed E-state index contributed by atoms with van der Waals surface area (Å²) in [4.78, 5) is 31.2. The van der Waals surface area contributed by atoms with Crippen molar-refractivity contribution in [1.29, 1.82) is 0 Å². The van der Waals surface area contributed by atoms with Crippen LogP contribution < -0.4 is 4.74 Å². The van der Waals surface area contributed by atoms with E-state index in [0.717, 1.165) is 5.56 Å². The van der Waals surface area contributed by atoms with Crippen LogP contribution in [0.2, 0.25) is 0 Å². The number of para-hydroxylation sites is 1. The van der Waals surface area contributed by atoms with E-state index < -0.39 is 17.7 Å². The number of aliphatic hydroxyl groups is 1. The van der Waals surface area contributed by atoms with Gasteiger partial charge in [0.25, 0.3) is 5.91 Å². The fourth-order valence-electron chi connectivity index (χ4n) is 3.28. The van der Waals surface area contributed by atoms with Crippen LogP contribution >= 0.6 is 0 Å². The lowest BCUT2D eigenvalue weighted by atomic mass is 9.92. The highest BCUT2D eigenvalue weighted by atomic mass is 16.5. The molecule has 1 aromatic carbocycles. The zero-order valence-corrected chi connectivity index (χ0v) is 15.5. The van der Waals surface area contributed by atoms with Gasteiger partial charge in [0, 0.05) is 23.9 Å². The van der Waals surface area contributed by atoms with E-state index in [1.165, 1.54) is 4.90 Å². The van der Waals surface area contributed by atoms with Crippen LogP contribution in [0, 0.1) is 5.92 Å². The molecule has 6 heteroatoms. The van der Waals surface area contributed by atoms with E-state index in [4.69, 9.17) is 4.74 Å². The van der Waals surface area contributed by atoms with Crippen molar-refractivity contribution in [3.8, 4) is 5.75 Å². The third-order valence-corrected chi connectivity index (χ3v) is 4.63. The number of aromatic nitrogens is 1. The zero-order valence-electron chi connectivity index (χ0n) is 15.5. The van der Waals surface area contributed by atoms with Gasteiger partial charge in [0.15, 0.2) is 11.5 Å². The molecule has 140 valence electrons. The second-order valence-electron chi connectivity index (χ2n) is 6.72. The SMILES string of the molecule is COc1ccccc1CN1C(=O)C(O)=C(C(=O)C(C)C)C1c1cccnc1. The zero-order chi connectivity index (χ0) is 19.6. The highest BCUT2D eigenvalue weighted by molar-refractivity contribution is 6.09. The third kappa shape index (κ3) is 3.43. The number of benzene rings is 1. The summed E-state index contributed by atoms with van der Waals surface area (Å²) in [6, 6.07) is 10.2. The third-order valence-electron chi connectivity index (χ3n) is 4.63. The topological polar surface area (TPSA) is 79.7 Å². The van der Waals surface area contributed by atoms with Gasteiger partial charge in [-0.05, 0) is 17.7 Å². The van der Waals surface area contributed by atoms with Crippen molar-refractivity contribution in [1.82, 2.24) is 9.88 Å². The summed E-state index contributed by atoms with van der Waals surface area (Å²) >= 11 is 0. The van der Waals surface area contributed by atoms with Crippen LogP contribution in [-0.2, 0) is 16.1 Å². The van der Waals surface area contributed by atoms with Gasteiger partial charge in [-0.1, -0.05) is 38.1 Å². The Morgan fingerprint density at radius 3 is 2.63 bits per heavy atom. The molecule has 0 bridgehead atoms. The number of hydrogen-bond donors (Lipinski definition) is 1. The van der Waals surface area contributed by atoms with Crippen molar-refractivity contribution in [2.24, 2.45) is 5.92 Å². The Bertz CT molecular complexity index is 890. The van der Waals surface area contributed by atoms with Gasteiger partial charge in [0.05, 0.1) is 25.3 Å². The van der Waals surface area contributed by atoms with Crippen LogP contribution in [-0.4, -0.2) is 33.8 Å². The highest BCUT2D eigenvalue weighted by Gasteiger charge is 2.44. The van der Waals surface area contributed by atoms with Gasteiger partial charge in [0.1, 0.15) is 5.75 Å². The maximum absolute atomic E-state index is 12.8. The molecule has 2 aromatic rings. The van der Waals surface area contributed by atoms with Gasteiger partial charge >= 0.3 is 0 Å². The first-order valence-electron chi connectivity index (χ1n) is 8.75. The standard InChI is InChI=1S/C21H22N2O4/c1-13(2)19(24)17-18(14-8-6-10-22-11-14)23(21(26)20(17)25)12-15-7-4-5-9-16(15)27-3/h4-11,13,18,25H,12H2,1-3H3. The Morgan fingerprint density at radius 2 is 2.00 bits per heavy atom. The number of aliphatic hydroxyl groups excluding tert-OH is 1.